The lowest BCUT2D eigenvalue weighted by Crippen LogP contribution is -2.66. The van der Waals surface area contributed by atoms with E-state index < -0.39 is 34.5 Å². The van der Waals surface area contributed by atoms with Crippen molar-refractivity contribution in [2.24, 2.45) is 10.5 Å². The lowest BCUT2D eigenvalue weighted by molar-refractivity contribution is -0.136. The fraction of sp³-hybridized carbons (Fsp3) is 0.290. The van der Waals surface area contributed by atoms with Crippen LogP contribution >= 0.6 is 0 Å². The zero-order chi connectivity index (χ0) is 28.0. The number of hydrazone groups is 1. The highest BCUT2D eigenvalue weighted by molar-refractivity contribution is 6.25. The minimum absolute atomic E-state index is 0.261. The summed E-state index contributed by atoms with van der Waals surface area (Å²) in [5.74, 6) is -0.856. The second-order valence-corrected chi connectivity index (χ2v) is 11.0. The third-order valence-electron chi connectivity index (χ3n) is 7.38. The van der Waals surface area contributed by atoms with Crippen molar-refractivity contribution in [3.05, 3.63) is 96.1 Å². The van der Waals surface area contributed by atoms with E-state index in [2.05, 4.69) is 10.4 Å². The first kappa shape index (κ1) is 26.2. The summed E-state index contributed by atoms with van der Waals surface area (Å²) in [6.07, 6.45) is -0.799. The Morgan fingerprint density at radius 1 is 0.897 bits per heavy atom. The van der Waals surface area contributed by atoms with E-state index in [4.69, 9.17) is 4.74 Å². The number of hydrogen-bond acceptors (Lipinski definition) is 5. The average Bonchev–Trinajstić information content (AvgIpc) is 3.28. The maximum Gasteiger partial charge on any atom is 0.408 e. The first-order chi connectivity index (χ1) is 18.5. The highest BCUT2D eigenvalue weighted by atomic mass is 16.6. The molecule has 0 spiro atoms. The van der Waals surface area contributed by atoms with Crippen LogP contribution in [0.3, 0.4) is 0 Å². The Kier molecular flexibility index (Phi) is 6.29. The number of anilines is 2. The van der Waals surface area contributed by atoms with Crippen molar-refractivity contribution in [1.82, 2.24) is 5.32 Å². The zero-order valence-electron chi connectivity index (χ0n) is 22.8. The number of carbonyl (C=O) groups excluding carboxylic acids is 3. The van der Waals surface area contributed by atoms with Crippen LogP contribution < -0.4 is 15.2 Å². The van der Waals surface area contributed by atoms with Crippen molar-refractivity contribution in [3.8, 4) is 0 Å². The molecule has 5 rings (SSSR count). The molecule has 3 aromatic carbocycles. The monoisotopic (exact) mass is 524 g/mol. The van der Waals surface area contributed by atoms with Crippen LogP contribution in [0.1, 0.15) is 45.7 Å². The molecule has 3 aromatic rings. The van der Waals surface area contributed by atoms with Crippen molar-refractivity contribution in [1.29, 1.82) is 0 Å². The summed E-state index contributed by atoms with van der Waals surface area (Å²) in [7, 11) is 0. The molecule has 0 radical (unpaired) electrons. The molecule has 2 atom stereocenters. The van der Waals surface area contributed by atoms with Crippen molar-refractivity contribution >= 4 is 35.0 Å². The van der Waals surface area contributed by atoms with Gasteiger partial charge in [0.2, 0.25) is 0 Å². The van der Waals surface area contributed by atoms with Crippen molar-refractivity contribution in [2.75, 3.05) is 9.91 Å². The molecule has 0 saturated carbocycles. The van der Waals surface area contributed by atoms with Crippen LogP contribution in [0.5, 0.6) is 0 Å². The quantitative estimate of drug-likeness (QED) is 0.485. The molecule has 200 valence electrons. The summed E-state index contributed by atoms with van der Waals surface area (Å²) in [5, 5.41) is 8.83. The number of nitrogens with one attached hydrogen (secondary N) is 1. The Morgan fingerprint density at radius 3 is 2.13 bits per heavy atom. The lowest BCUT2D eigenvalue weighted by atomic mass is 9.64. The Bertz CT molecular complexity index is 1460. The van der Waals surface area contributed by atoms with Gasteiger partial charge in [-0.1, -0.05) is 66.7 Å². The second kappa shape index (κ2) is 9.38. The van der Waals surface area contributed by atoms with Crippen LogP contribution in [0.4, 0.5) is 16.2 Å². The SMILES string of the molecule is CC1=NN(c2ccccc2)C(=O)[C@@]1(C)[C@@]1(NC(=O)OC(C)(C)C)C(=O)N(Cc2ccccc2)c2ccccc21. The molecule has 0 saturated heterocycles. The summed E-state index contributed by atoms with van der Waals surface area (Å²) in [6.45, 7) is 8.90. The van der Waals surface area contributed by atoms with Gasteiger partial charge < -0.3 is 15.0 Å². The summed E-state index contributed by atoms with van der Waals surface area (Å²) in [6, 6.07) is 25.9. The van der Waals surface area contributed by atoms with Gasteiger partial charge in [0.25, 0.3) is 11.8 Å². The van der Waals surface area contributed by atoms with E-state index in [1.807, 2.05) is 60.7 Å². The van der Waals surface area contributed by atoms with Gasteiger partial charge in [-0.05, 0) is 58.4 Å². The zero-order valence-corrected chi connectivity index (χ0v) is 22.8. The van der Waals surface area contributed by atoms with E-state index in [1.165, 1.54) is 5.01 Å². The summed E-state index contributed by atoms with van der Waals surface area (Å²) in [5.41, 5.74) is -1.19. The smallest absolute Gasteiger partial charge is 0.408 e. The fourth-order valence-electron chi connectivity index (χ4n) is 5.40. The van der Waals surface area contributed by atoms with Crippen LogP contribution in [0, 0.1) is 5.41 Å². The fourth-order valence-corrected chi connectivity index (χ4v) is 5.40. The number of ether oxygens (including phenoxy) is 1. The van der Waals surface area contributed by atoms with Crippen LogP contribution in [-0.4, -0.2) is 29.2 Å². The molecule has 2 aliphatic rings. The molecule has 2 heterocycles. The van der Waals surface area contributed by atoms with Gasteiger partial charge in [-0.25, -0.2) is 4.79 Å². The maximum atomic E-state index is 14.7. The van der Waals surface area contributed by atoms with Gasteiger partial charge in [0, 0.05) is 5.56 Å². The van der Waals surface area contributed by atoms with Crippen LogP contribution in [0.2, 0.25) is 0 Å². The number of alkyl carbamates (subject to hydrolysis) is 1. The van der Waals surface area contributed by atoms with E-state index in [1.54, 1.807) is 63.8 Å². The highest BCUT2D eigenvalue weighted by Crippen LogP contribution is 2.54. The van der Waals surface area contributed by atoms with Crippen LogP contribution in [0.25, 0.3) is 0 Å². The number of carbonyl (C=O) groups is 3. The first-order valence-corrected chi connectivity index (χ1v) is 12.9. The van der Waals surface area contributed by atoms with E-state index in [0.29, 0.717) is 22.6 Å². The minimum Gasteiger partial charge on any atom is -0.444 e. The van der Waals surface area contributed by atoms with E-state index in [0.717, 1.165) is 5.56 Å². The van der Waals surface area contributed by atoms with Gasteiger partial charge in [-0.15, -0.1) is 0 Å². The molecule has 0 fully saturated rings. The molecule has 39 heavy (non-hydrogen) atoms. The Balaban J connectivity index is 1.70. The number of fused-ring (bicyclic) bond motifs is 1. The average molecular weight is 525 g/mol. The first-order valence-electron chi connectivity index (χ1n) is 12.9. The van der Waals surface area contributed by atoms with Crippen LogP contribution in [-0.2, 0) is 26.4 Å². The largest absolute Gasteiger partial charge is 0.444 e. The number of para-hydroxylation sites is 2. The van der Waals surface area contributed by atoms with Gasteiger partial charge in [-0.3, -0.25) is 9.59 Å². The molecule has 0 aliphatic carbocycles. The highest BCUT2D eigenvalue weighted by Gasteiger charge is 2.69. The molecule has 0 unspecified atom stereocenters. The molecular weight excluding hydrogens is 492 g/mol. The molecule has 8 nitrogen and oxygen atoms in total. The number of amides is 3. The van der Waals surface area contributed by atoms with Gasteiger partial charge >= 0.3 is 6.09 Å². The van der Waals surface area contributed by atoms with Crippen molar-refractivity contribution in [2.45, 2.75) is 52.3 Å². The predicted octanol–water partition coefficient (Wildman–Crippen LogP) is 5.38. The second-order valence-electron chi connectivity index (χ2n) is 11.0. The summed E-state index contributed by atoms with van der Waals surface area (Å²) in [4.78, 5) is 44.2. The number of nitrogens with zero attached hydrogens (tertiary/aromatic N) is 3. The Hall–Kier alpha value is -4.46. The normalized spacial score (nSPS) is 22.5. The standard InChI is InChI=1S/C31H32N4O4/c1-21-30(5,26(36)35(33-21)23-16-10-7-11-17-23)31(32-28(38)39-29(2,3)4)24-18-12-13-19-25(24)34(27(31)37)20-22-14-8-6-9-15-22/h6-19H,20H2,1-5H3,(H,32,38)/t30-,31-/m0/s1. The maximum absolute atomic E-state index is 14.7. The van der Waals surface area contributed by atoms with Gasteiger partial charge in [0.1, 0.15) is 11.0 Å². The molecule has 3 amide bonds. The van der Waals surface area contributed by atoms with Crippen molar-refractivity contribution in [3.63, 3.8) is 0 Å². The van der Waals surface area contributed by atoms with E-state index in [9.17, 15) is 14.4 Å². The molecular formula is C31H32N4O4. The van der Waals surface area contributed by atoms with Gasteiger partial charge in [0.15, 0.2) is 5.54 Å². The summed E-state index contributed by atoms with van der Waals surface area (Å²) < 4.78 is 5.64. The van der Waals surface area contributed by atoms with Crippen LogP contribution in [0.15, 0.2) is 90.0 Å². The molecule has 0 bridgehead atoms. The number of hydrogen-bond donors (Lipinski definition) is 1. The van der Waals surface area contributed by atoms with E-state index in [-0.39, 0.29) is 6.54 Å². The predicted molar refractivity (Wildman–Crippen MR) is 150 cm³/mol. The van der Waals surface area contributed by atoms with E-state index >= 15 is 0 Å². The minimum atomic E-state index is -1.81. The van der Waals surface area contributed by atoms with Crippen molar-refractivity contribution < 1.29 is 19.1 Å². The third-order valence-corrected chi connectivity index (χ3v) is 7.38. The molecule has 0 aromatic heterocycles. The van der Waals surface area contributed by atoms with Gasteiger partial charge in [0.05, 0.1) is 23.6 Å². The molecule has 8 heteroatoms. The third kappa shape index (κ3) is 4.16. The Morgan fingerprint density at radius 2 is 1.49 bits per heavy atom. The molecule has 2 aliphatic heterocycles. The lowest BCUT2D eigenvalue weighted by Gasteiger charge is -2.42. The number of benzene rings is 3. The summed E-state index contributed by atoms with van der Waals surface area (Å²) >= 11 is 0. The topological polar surface area (TPSA) is 91.3 Å². The number of rotatable bonds is 5. The Labute approximate surface area is 228 Å². The molecule has 1 N–H and O–H groups in total. The van der Waals surface area contributed by atoms with Gasteiger partial charge in [-0.2, -0.15) is 10.1 Å².